The highest BCUT2D eigenvalue weighted by atomic mass is 16.5. The van der Waals surface area contributed by atoms with E-state index in [9.17, 15) is 9.59 Å². The molecule has 0 spiro atoms. The molecule has 0 aromatic heterocycles. The van der Waals surface area contributed by atoms with Crippen molar-refractivity contribution in [2.24, 2.45) is 0 Å². The van der Waals surface area contributed by atoms with Crippen molar-refractivity contribution in [1.82, 2.24) is 0 Å². The molecule has 0 saturated carbocycles. The number of nitrogens with one attached hydrogen (secondary N) is 1. The van der Waals surface area contributed by atoms with Crippen molar-refractivity contribution in [3.05, 3.63) is 46.5 Å². The van der Waals surface area contributed by atoms with Crippen molar-refractivity contribution < 1.29 is 28.5 Å². The molecule has 30 heavy (non-hydrogen) atoms. The molecule has 0 aliphatic heterocycles. The highest BCUT2D eigenvalue weighted by molar-refractivity contribution is 5.96. The Kier molecular flexibility index (Phi) is 7.69. The van der Waals surface area contributed by atoms with Crippen LogP contribution < -0.4 is 19.5 Å². The van der Waals surface area contributed by atoms with Crippen LogP contribution in [0.3, 0.4) is 0 Å². The summed E-state index contributed by atoms with van der Waals surface area (Å²) in [6.07, 6.45) is -0.989. The monoisotopic (exact) mass is 415 g/mol. The maximum absolute atomic E-state index is 12.5. The number of carbonyl (C=O) groups excluding carboxylic acids is 2. The molecule has 0 aliphatic rings. The molecular weight excluding hydrogens is 386 g/mol. The summed E-state index contributed by atoms with van der Waals surface area (Å²) in [6, 6.07) is 7.33. The van der Waals surface area contributed by atoms with E-state index in [0.29, 0.717) is 22.8 Å². The second kappa shape index (κ2) is 10.0. The number of aryl methyl sites for hydroxylation is 3. The Balaban J connectivity index is 2.07. The quantitative estimate of drug-likeness (QED) is 0.661. The van der Waals surface area contributed by atoms with Crippen LogP contribution in [0.5, 0.6) is 17.2 Å². The first kappa shape index (κ1) is 23.1. The van der Waals surface area contributed by atoms with Gasteiger partial charge in [-0.1, -0.05) is 17.7 Å². The van der Waals surface area contributed by atoms with E-state index in [0.717, 1.165) is 22.4 Å². The summed E-state index contributed by atoms with van der Waals surface area (Å²) in [6.45, 7) is 7.40. The van der Waals surface area contributed by atoms with Crippen molar-refractivity contribution in [3.8, 4) is 17.2 Å². The zero-order valence-corrected chi connectivity index (χ0v) is 18.5. The van der Waals surface area contributed by atoms with Crippen molar-refractivity contribution >= 4 is 17.6 Å². The Labute approximate surface area is 177 Å². The van der Waals surface area contributed by atoms with Gasteiger partial charge in [-0.3, -0.25) is 9.59 Å². The van der Waals surface area contributed by atoms with Crippen LogP contribution in [0.1, 0.15) is 29.2 Å². The Morgan fingerprint density at radius 2 is 1.43 bits per heavy atom. The first-order valence-electron chi connectivity index (χ1n) is 9.57. The van der Waals surface area contributed by atoms with Gasteiger partial charge in [0.1, 0.15) is 0 Å². The van der Waals surface area contributed by atoms with Crippen LogP contribution in [-0.2, 0) is 20.7 Å². The van der Waals surface area contributed by atoms with Gasteiger partial charge >= 0.3 is 5.97 Å². The molecule has 0 heterocycles. The Morgan fingerprint density at radius 1 is 0.900 bits per heavy atom. The molecule has 2 aromatic carbocycles. The lowest BCUT2D eigenvalue weighted by molar-refractivity contribution is -0.152. The van der Waals surface area contributed by atoms with Gasteiger partial charge in [0, 0.05) is 5.69 Å². The Morgan fingerprint density at radius 3 is 1.90 bits per heavy atom. The van der Waals surface area contributed by atoms with Crippen LogP contribution in [0.4, 0.5) is 5.69 Å². The second-order valence-corrected chi connectivity index (χ2v) is 7.11. The standard InChI is InChI=1S/C23H29NO6/c1-13-8-14(2)21(15(3)9-13)24-23(26)16(4)30-20(25)12-17-10-18(27-5)22(29-7)19(11-17)28-6/h8-11,16H,12H2,1-7H3,(H,24,26)/t16-/m0/s1. The maximum atomic E-state index is 12.5. The Hall–Kier alpha value is -3.22. The van der Waals surface area contributed by atoms with Crippen LogP contribution in [-0.4, -0.2) is 39.3 Å². The summed E-state index contributed by atoms with van der Waals surface area (Å²) >= 11 is 0. The Bertz CT molecular complexity index is 889. The van der Waals surface area contributed by atoms with Gasteiger partial charge in [-0.15, -0.1) is 0 Å². The van der Waals surface area contributed by atoms with Crippen LogP contribution >= 0.6 is 0 Å². The van der Waals surface area contributed by atoms with Crippen LogP contribution in [0, 0.1) is 20.8 Å². The van der Waals surface area contributed by atoms with Crippen molar-refractivity contribution in [1.29, 1.82) is 0 Å². The maximum Gasteiger partial charge on any atom is 0.311 e. The predicted octanol–water partition coefficient (Wildman–Crippen LogP) is 3.75. The number of carbonyl (C=O) groups is 2. The lowest BCUT2D eigenvalue weighted by Gasteiger charge is -2.17. The number of anilines is 1. The number of amides is 1. The molecule has 0 unspecified atom stereocenters. The minimum absolute atomic E-state index is 0.0447. The van der Waals surface area contributed by atoms with Gasteiger partial charge < -0.3 is 24.3 Å². The van der Waals surface area contributed by atoms with Gasteiger partial charge in [-0.05, 0) is 56.5 Å². The van der Waals surface area contributed by atoms with Crippen molar-refractivity contribution in [2.75, 3.05) is 26.6 Å². The first-order valence-corrected chi connectivity index (χ1v) is 9.57. The van der Waals surface area contributed by atoms with Crippen molar-refractivity contribution in [3.63, 3.8) is 0 Å². The molecule has 0 radical (unpaired) electrons. The minimum Gasteiger partial charge on any atom is -0.493 e. The molecule has 1 N–H and O–H groups in total. The zero-order valence-electron chi connectivity index (χ0n) is 18.5. The summed E-state index contributed by atoms with van der Waals surface area (Å²) in [7, 11) is 4.51. The summed E-state index contributed by atoms with van der Waals surface area (Å²) in [4.78, 5) is 24.9. The molecule has 2 aromatic rings. The van der Waals surface area contributed by atoms with Gasteiger partial charge in [0.25, 0.3) is 5.91 Å². The molecule has 2 rings (SSSR count). The van der Waals surface area contributed by atoms with E-state index in [4.69, 9.17) is 18.9 Å². The SMILES string of the molecule is COc1cc(CC(=O)O[C@@H](C)C(=O)Nc2c(C)cc(C)cc2C)cc(OC)c1OC. The topological polar surface area (TPSA) is 83.1 Å². The normalized spacial score (nSPS) is 11.4. The number of esters is 1. The zero-order chi connectivity index (χ0) is 22.4. The number of rotatable bonds is 8. The second-order valence-electron chi connectivity index (χ2n) is 7.11. The third-order valence-corrected chi connectivity index (χ3v) is 4.68. The minimum atomic E-state index is -0.945. The molecule has 7 heteroatoms. The highest BCUT2D eigenvalue weighted by Crippen LogP contribution is 2.38. The van der Waals surface area contributed by atoms with Gasteiger partial charge in [-0.2, -0.15) is 0 Å². The number of hydrogen-bond donors (Lipinski definition) is 1. The molecule has 0 saturated heterocycles. The van der Waals surface area contributed by atoms with Gasteiger partial charge in [0.2, 0.25) is 5.75 Å². The largest absolute Gasteiger partial charge is 0.493 e. The highest BCUT2D eigenvalue weighted by Gasteiger charge is 2.21. The molecular formula is C23H29NO6. The summed E-state index contributed by atoms with van der Waals surface area (Å²) < 4.78 is 21.2. The number of ether oxygens (including phenoxy) is 4. The van der Waals surface area contributed by atoms with E-state index < -0.39 is 12.1 Å². The van der Waals surface area contributed by atoms with Crippen LogP contribution in [0.2, 0.25) is 0 Å². The predicted molar refractivity (Wildman–Crippen MR) is 115 cm³/mol. The van der Waals surface area contributed by atoms with E-state index in [1.807, 2.05) is 32.9 Å². The van der Waals surface area contributed by atoms with E-state index >= 15 is 0 Å². The van der Waals surface area contributed by atoms with Gasteiger partial charge in [0.05, 0.1) is 27.8 Å². The van der Waals surface area contributed by atoms with Crippen LogP contribution in [0.15, 0.2) is 24.3 Å². The average molecular weight is 415 g/mol. The smallest absolute Gasteiger partial charge is 0.311 e. The average Bonchev–Trinajstić information content (AvgIpc) is 2.69. The number of benzene rings is 2. The molecule has 0 aliphatic carbocycles. The summed E-state index contributed by atoms with van der Waals surface area (Å²) in [5, 5.41) is 2.85. The molecule has 162 valence electrons. The molecule has 1 amide bonds. The van der Waals surface area contributed by atoms with Crippen LogP contribution in [0.25, 0.3) is 0 Å². The summed E-state index contributed by atoms with van der Waals surface area (Å²) in [5.74, 6) is 0.396. The van der Waals surface area contributed by atoms with Crippen molar-refractivity contribution in [2.45, 2.75) is 40.2 Å². The van der Waals surface area contributed by atoms with E-state index in [1.54, 1.807) is 19.1 Å². The third kappa shape index (κ3) is 5.43. The van der Waals surface area contributed by atoms with Gasteiger partial charge in [-0.25, -0.2) is 0 Å². The fraction of sp³-hybridized carbons (Fsp3) is 0.391. The van der Waals surface area contributed by atoms with E-state index in [1.165, 1.54) is 21.3 Å². The summed E-state index contributed by atoms with van der Waals surface area (Å²) in [5.41, 5.74) is 4.38. The first-order chi connectivity index (χ1) is 14.2. The fourth-order valence-corrected chi connectivity index (χ4v) is 3.30. The van der Waals surface area contributed by atoms with E-state index in [2.05, 4.69) is 5.32 Å². The fourth-order valence-electron chi connectivity index (χ4n) is 3.30. The molecule has 7 nitrogen and oxygen atoms in total. The van der Waals surface area contributed by atoms with Gasteiger partial charge in [0.15, 0.2) is 17.6 Å². The number of hydrogen-bond acceptors (Lipinski definition) is 6. The third-order valence-electron chi connectivity index (χ3n) is 4.68. The lowest BCUT2D eigenvalue weighted by Crippen LogP contribution is -2.31. The molecule has 1 atom stereocenters. The van der Waals surface area contributed by atoms with E-state index in [-0.39, 0.29) is 12.3 Å². The number of methoxy groups -OCH3 is 3. The lowest BCUT2D eigenvalue weighted by atomic mass is 10.0. The molecule has 0 bridgehead atoms. The molecule has 0 fully saturated rings.